The Kier molecular flexibility index (Phi) is 4.76. The third-order valence-corrected chi connectivity index (χ3v) is 4.95. The molecule has 0 bridgehead atoms. The van der Waals surface area contributed by atoms with Gasteiger partial charge in [-0.3, -0.25) is 10.1 Å². The molecular weight excluding hydrogens is 346 g/mol. The monoisotopic (exact) mass is 361 g/mol. The van der Waals surface area contributed by atoms with E-state index in [2.05, 4.69) is 25.8 Å². The second kappa shape index (κ2) is 6.97. The summed E-state index contributed by atoms with van der Waals surface area (Å²) in [6.45, 7) is 4.01. The van der Waals surface area contributed by atoms with Crippen molar-refractivity contribution < 1.29 is 4.79 Å². The molecule has 0 unspecified atom stereocenters. The minimum absolute atomic E-state index is 0.0514. The maximum atomic E-state index is 12.3. The number of carbonyl (C=O) groups excluding carboxylic acids is 1. The number of carbonyl (C=O) groups is 1. The van der Waals surface area contributed by atoms with Crippen molar-refractivity contribution in [1.29, 1.82) is 0 Å². The summed E-state index contributed by atoms with van der Waals surface area (Å²) >= 11 is 2.87. The maximum Gasteiger partial charge on any atom is 0.281 e. The molecule has 1 amide bonds. The quantitative estimate of drug-likeness (QED) is 0.530. The van der Waals surface area contributed by atoms with Crippen LogP contribution in [0.5, 0.6) is 0 Å². The van der Waals surface area contributed by atoms with E-state index in [1.54, 1.807) is 11.8 Å². The maximum absolute atomic E-state index is 12.3. The molecule has 10 heteroatoms. The number of anilines is 2. The highest BCUT2D eigenvalue weighted by atomic mass is 32.2. The van der Waals surface area contributed by atoms with Crippen LogP contribution in [0.1, 0.15) is 23.0 Å². The molecule has 2 aromatic heterocycles. The number of thioether (sulfide) groups is 1. The molecule has 8 nitrogen and oxygen atoms in total. The molecule has 0 fully saturated rings. The molecule has 1 aromatic carbocycles. The summed E-state index contributed by atoms with van der Waals surface area (Å²) in [6, 6.07) is 7.59. The largest absolute Gasteiger partial charge is 0.382 e. The lowest BCUT2D eigenvalue weighted by molar-refractivity contribution is 0.102. The second-order valence-corrected chi connectivity index (χ2v) is 7.32. The number of aryl methyl sites for hydroxylation is 1. The molecule has 0 spiro atoms. The van der Waals surface area contributed by atoms with Gasteiger partial charge in [0.15, 0.2) is 15.9 Å². The van der Waals surface area contributed by atoms with Gasteiger partial charge in [-0.15, -0.1) is 15.3 Å². The first-order valence-corrected chi connectivity index (χ1v) is 8.94. The molecule has 0 saturated heterocycles. The van der Waals surface area contributed by atoms with Crippen molar-refractivity contribution >= 4 is 40.0 Å². The van der Waals surface area contributed by atoms with Crippen molar-refractivity contribution in [2.24, 2.45) is 0 Å². The zero-order chi connectivity index (χ0) is 17.1. The second-order valence-electron chi connectivity index (χ2n) is 4.83. The molecule has 2 heterocycles. The molecule has 0 aliphatic carbocycles. The summed E-state index contributed by atoms with van der Waals surface area (Å²) in [4.78, 5) is 12.3. The van der Waals surface area contributed by atoms with Gasteiger partial charge in [0.05, 0.1) is 5.69 Å². The molecule has 0 aliphatic rings. The van der Waals surface area contributed by atoms with E-state index in [4.69, 9.17) is 5.73 Å². The molecule has 24 heavy (non-hydrogen) atoms. The standard InChI is InChI=1S/C14H15N7OS2/c1-3-23-14-19-18-13(24-14)16-12(22)10-11(15)21(20-17-10)9-6-4-8(2)5-7-9/h4-7H,3,15H2,1-2H3,(H,16,18,22). The molecule has 3 rings (SSSR count). The van der Waals surface area contributed by atoms with Gasteiger partial charge in [0.25, 0.3) is 5.91 Å². The van der Waals surface area contributed by atoms with Gasteiger partial charge in [-0.1, -0.05) is 52.9 Å². The Morgan fingerprint density at radius 3 is 2.75 bits per heavy atom. The summed E-state index contributed by atoms with van der Waals surface area (Å²) in [5.74, 6) is 0.597. The molecule has 0 radical (unpaired) electrons. The number of nitrogens with zero attached hydrogens (tertiary/aromatic N) is 5. The Morgan fingerprint density at radius 1 is 1.29 bits per heavy atom. The Balaban J connectivity index is 1.79. The van der Waals surface area contributed by atoms with Crippen molar-refractivity contribution in [1.82, 2.24) is 25.2 Å². The van der Waals surface area contributed by atoms with Crippen molar-refractivity contribution in [3.05, 3.63) is 35.5 Å². The Bertz CT molecular complexity index is 856. The van der Waals surface area contributed by atoms with E-state index >= 15 is 0 Å². The van der Waals surface area contributed by atoms with Crippen molar-refractivity contribution in [2.75, 3.05) is 16.8 Å². The third kappa shape index (κ3) is 3.39. The van der Waals surface area contributed by atoms with Crippen molar-refractivity contribution in [2.45, 2.75) is 18.2 Å². The number of amides is 1. The van der Waals surface area contributed by atoms with Crippen LogP contribution in [0, 0.1) is 6.92 Å². The Morgan fingerprint density at radius 2 is 2.04 bits per heavy atom. The highest BCUT2D eigenvalue weighted by Gasteiger charge is 2.20. The van der Waals surface area contributed by atoms with Gasteiger partial charge in [0.1, 0.15) is 0 Å². The molecule has 124 valence electrons. The highest BCUT2D eigenvalue weighted by Crippen LogP contribution is 2.25. The van der Waals surface area contributed by atoms with Crippen LogP contribution in [0.15, 0.2) is 28.6 Å². The first-order valence-electron chi connectivity index (χ1n) is 7.14. The van der Waals surface area contributed by atoms with Crippen LogP contribution in [0.25, 0.3) is 5.69 Å². The van der Waals surface area contributed by atoms with Crippen LogP contribution >= 0.6 is 23.1 Å². The smallest absolute Gasteiger partial charge is 0.281 e. The Hall–Kier alpha value is -2.46. The SMILES string of the molecule is CCSc1nnc(NC(=O)c2nnn(-c3ccc(C)cc3)c2N)s1. The van der Waals surface area contributed by atoms with E-state index in [-0.39, 0.29) is 11.5 Å². The fraction of sp³-hybridized carbons (Fsp3) is 0.214. The number of nitrogens with one attached hydrogen (secondary N) is 1. The van der Waals surface area contributed by atoms with E-state index in [1.165, 1.54) is 16.0 Å². The van der Waals surface area contributed by atoms with E-state index < -0.39 is 5.91 Å². The number of nitrogen functional groups attached to an aromatic ring is 1. The van der Waals surface area contributed by atoms with E-state index in [0.29, 0.717) is 5.13 Å². The average Bonchev–Trinajstić information content (AvgIpc) is 3.15. The summed E-state index contributed by atoms with van der Waals surface area (Å²) < 4.78 is 2.22. The highest BCUT2D eigenvalue weighted by molar-refractivity contribution is 8.01. The number of hydrogen-bond acceptors (Lipinski definition) is 8. The number of hydrogen-bond donors (Lipinski definition) is 2. The van der Waals surface area contributed by atoms with Gasteiger partial charge in [0.2, 0.25) is 5.13 Å². The van der Waals surface area contributed by atoms with E-state index in [9.17, 15) is 4.79 Å². The van der Waals surface area contributed by atoms with Crippen LogP contribution in [0.4, 0.5) is 10.9 Å². The van der Waals surface area contributed by atoms with Crippen LogP contribution in [-0.2, 0) is 0 Å². The van der Waals surface area contributed by atoms with Crippen LogP contribution in [0.2, 0.25) is 0 Å². The zero-order valence-corrected chi connectivity index (χ0v) is 14.7. The number of aromatic nitrogens is 5. The van der Waals surface area contributed by atoms with Gasteiger partial charge < -0.3 is 5.73 Å². The van der Waals surface area contributed by atoms with Gasteiger partial charge in [-0.05, 0) is 24.8 Å². The lowest BCUT2D eigenvalue weighted by Gasteiger charge is -2.03. The normalized spacial score (nSPS) is 10.8. The molecule has 0 saturated carbocycles. The van der Waals surface area contributed by atoms with Crippen molar-refractivity contribution in [3.8, 4) is 5.69 Å². The molecule has 0 aliphatic heterocycles. The topological polar surface area (TPSA) is 112 Å². The predicted octanol–water partition coefficient (Wildman–Crippen LogP) is 2.37. The van der Waals surface area contributed by atoms with Crippen LogP contribution < -0.4 is 11.1 Å². The first-order chi connectivity index (χ1) is 11.6. The Labute approximate surface area is 146 Å². The zero-order valence-electron chi connectivity index (χ0n) is 13.1. The summed E-state index contributed by atoms with van der Waals surface area (Å²) in [5.41, 5.74) is 7.93. The van der Waals surface area contributed by atoms with Gasteiger partial charge in [-0.25, -0.2) is 0 Å². The van der Waals surface area contributed by atoms with E-state index in [0.717, 1.165) is 21.3 Å². The summed E-state index contributed by atoms with van der Waals surface area (Å²) in [7, 11) is 0. The predicted molar refractivity (Wildman–Crippen MR) is 94.8 cm³/mol. The number of benzene rings is 1. The summed E-state index contributed by atoms with van der Waals surface area (Å²) in [6.07, 6.45) is 0. The average molecular weight is 361 g/mol. The lowest BCUT2D eigenvalue weighted by Crippen LogP contribution is -2.15. The van der Waals surface area contributed by atoms with Gasteiger partial charge in [0, 0.05) is 0 Å². The fourth-order valence-electron chi connectivity index (χ4n) is 1.93. The minimum Gasteiger partial charge on any atom is -0.382 e. The number of nitrogens with two attached hydrogens (primary N) is 1. The van der Waals surface area contributed by atoms with Crippen LogP contribution in [0.3, 0.4) is 0 Å². The van der Waals surface area contributed by atoms with Crippen LogP contribution in [-0.4, -0.2) is 36.9 Å². The molecule has 3 aromatic rings. The van der Waals surface area contributed by atoms with Crippen molar-refractivity contribution in [3.63, 3.8) is 0 Å². The molecule has 3 N–H and O–H groups in total. The van der Waals surface area contributed by atoms with Gasteiger partial charge >= 0.3 is 0 Å². The molecule has 0 atom stereocenters. The van der Waals surface area contributed by atoms with Gasteiger partial charge in [-0.2, -0.15) is 4.68 Å². The lowest BCUT2D eigenvalue weighted by atomic mass is 10.2. The number of rotatable bonds is 5. The molecular formula is C14H15N7OS2. The third-order valence-electron chi connectivity index (χ3n) is 3.09. The first kappa shape index (κ1) is 16.4. The fourth-order valence-corrected chi connectivity index (χ4v) is 3.57. The minimum atomic E-state index is -0.463. The summed E-state index contributed by atoms with van der Waals surface area (Å²) in [5, 5.41) is 18.8. The van der Waals surface area contributed by atoms with E-state index in [1.807, 2.05) is 38.1 Å².